The molecular formula is C14H21NO. The Morgan fingerprint density at radius 3 is 2.44 bits per heavy atom. The number of benzene rings is 1. The van der Waals surface area contributed by atoms with Crippen molar-refractivity contribution in [3.63, 3.8) is 0 Å². The molecule has 0 aromatic heterocycles. The molecule has 88 valence electrons. The van der Waals surface area contributed by atoms with Crippen LogP contribution < -0.4 is 5.73 Å². The molecule has 2 N–H and O–H groups in total. The maximum absolute atomic E-state index is 5.86. The first-order chi connectivity index (χ1) is 7.63. The van der Waals surface area contributed by atoms with Crippen molar-refractivity contribution in [2.45, 2.75) is 33.3 Å². The third-order valence-corrected chi connectivity index (χ3v) is 3.54. The van der Waals surface area contributed by atoms with Gasteiger partial charge in [-0.3, -0.25) is 0 Å². The molecule has 0 saturated carbocycles. The Morgan fingerprint density at radius 1 is 1.25 bits per heavy atom. The average molecular weight is 219 g/mol. The van der Waals surface area contributed by atoms with Crippen LogP contribution in [0.1, 0.15) is 34.8 Å². The minimum Gasteiger partial charge on any atom is -0.373 e. The van der Waals surface area contributed by atoms with E-state index in [1.807, 2.05) is 0 Å². The number of hydrogen-bond donors (Lipinski definition) is 1. The highest BCUT2D eigenvalue weighted by Gasteiger charge is 2.30. The van der Waals surface area contributed by atoms with E-state index in [1.54, 1.807) is 0 Å². The SMILES string of the molecule is Cc1cc(C)c(C2OCCC2CN)c(C)c1. The fourth-order valence-corrected chi connectivity index (χ4v) is 2.83. The lowest BCUT2D eigenvalue weighted by Crippen LogP contribution is -2.19. The van der Waals surface area contributed by atoms with Crippen molar-refractivity contribution in [2.24, 2.45) is 11.7 Å². The third-order valence-electron chi connectivity index (χ3n) is 3.54. The summed E-state index contributed by atoms with van der Waals surface area (Å²) >= 11 is 0. The summed E-state index contributed by atoms with van der Waals surface area (Å²) < 4.78 is 5.86. The Bertz CT molecular complexity index is 363. The molecule has 0 radical (unpaired) electrons. The van der Waals surface area contributed by atoms with Crippen LogP contribution in [-0.4, -0.2) is 13.2 Å². The molecule has 16 heavy (non-hydrogen) atoms. The monoisotopic (exact) mass is 219 g/mol. The van der Waals surface area contributed by atoms with Crippen LogP contribution in [0.4, 0.5) is 0 Å². The molecule has 0 amide bonds. The first-order valence-corrected chi connectivity index (χ1v) is 6.03. The fraction of sp³-hybridized carbons (Fsp3) is 0.571. The summed E-state index contributed by atoms with van der Waals surface area (Å²) in [5.74, 6) is 0.486. The predicted molar refractivity (Wildman–Crippen MR) is 66.5 cm³/mol. The number of ether oxygens (including phenoxy) is 1. The van der Waals surface area contributed by atoms with Crippen molar-refractivity contribution < 1.29 is 4.74 Å². The van der Waals surface area contributed by atoms with Crippen LogP contribution in [0.15, 0.2) is 12.1 Å². The first kappa shape index (κ1) is 11.6. The predicted octanol–water partition coefficient (Wildman–Crippen LogP) is 2.65. The molecule has 2 atom stereocenters. The minimum absolute atomic E-state index is 0.214. The Hall–Kier alpha value is -0.860. The summed E-state index contributed by atoms with van der Waals surface area (Å²) in [5.41, 5.74) is 11.2. The summed E-state index contributed by atoms with van der Waals surface area (Å²) in [6.45, 7) is 8.05. The first-order valence-electron chi connectivity index (χ1n) is 6.03. The van der Waals surface area contributed by atoms with Gasteiger partial charge in [-0.1, -0.05) is 17.7 Å². The van der Waals surface area contributed by atoms with Crippen LogP contribution in [0.5, 0.6) is 0 Å². The topological polar surface area (TPSA) is 35.2 Å². The van der Waals surface area contributed by atoms with Crippen LogP contribution in [0, 0.1) is 26.7 Å². The Kier molecular flexibility index (Phi) is 3.31. The van der Waals surface area contributed by atoms with Gasteiger partial charge in [0.05, 0.1) is 6.10 Å². The highest BCUT2D eigenvalue weighted by atomic mass is 16.5. The molecule has 1 aliphatic heterocycles. The highest BCUT2D eigenvalue weighted by molar-refractivity contribution is 5.39. The summed E-state index contributed by atoms with van der Waals surface area (Å²) in [7, 11) is 0. The fourth-order valence-electron chi connectivity index (χ4n) is 2.83. The maximum Gasteiger partial charge on any atom is 0.0871 e. The summed E-state index contributed by atoms with van der Waals surface area (Å²) in [6.07, 6.45) is 1.30. The van der Waals surface area contributed by atoms with E-state index in [0.717, 1.165) is 19.6 Å². The quantitative estimate of drug-likeness (QED) is 0.830. The van der Waals surface area contributed by atoms with E-state index in [0.29, 0.717) is 5.92 Å². The van der Waals surface area contributed by atoms with Gasteiger partial charge in [-0.2, -0.15) is 0 Å². The molecule has 0 aliphatic carbocycles. The van der Waals surface area contributed by atoms with Crippen molar-refractivity contribution in [2.75, 3.05) is 13.2 Å². The van der Waals surface area contributed by atoms with Crippen molar-refractivity contribution in [1.29, 1.82) is 0 Å². The van der Waals surface area contributed by atoms with Gasteiger partial charge >= 0.3 is 0 Å². The zero-order valence-electron chi connectivity index (χ0n) is 10.4. The molecule has 2 heteroatoms. The van der Waals surface area contributed by atoms with Crippen LogP contribution in [0.25, 0.3) is 0 Å². The molecule has 1 aliphatic rings. The van der Waals surface area contributed by atoms with E-state index in [1.165, 1.54) is 22.3 Å². The van der Waals surface area contributed by atoms with Gasteiger partial charge < -0.3 is 10.5 Å². The van der Waals surface area contributed by atoms with Gasteiger partial charge in [0, 0.05) is 12.5 Å². The normalized spacial score (nSPS) is 25.0. The van der Waals surface area contributed by atoms with E-state index >= 15 is 0 Å². The molecule has 1 saturated heterocycles. The van der Waals surface area contributed by atoms with Crippen molar-refractivity contribution >= 4 is 0 Å². The van der Waals surface area contributed by atoms with Crippen LogP contribution in [-0.2, 0) is 4.74 Å². The summed E-state index contributed by atoms with van der Waals surface area (Å²) in [4.78, 5) is 0. The molecule has 1 fully saturated rings. The zero-order chi connectivity index (χ0) is 11.7. The van der Waals surface area contributed by atoms with Gasteiger partial charge in [0.2, 0.25) is 0 Å². The van der Waals surface area contributed by atoms with Crippen LogP contribution >= 0.6 is 0 Å². The number of rotatable bonds is 2. The van der Waals surface area contributed by atoms with Gasteiger partial charge in [-0.15, -0.1) is 0 Å². The third kappa shape index (κ3) is 2.00. The van der Waals surface area contributed by atoms with E-state index in [2.05, 4.69) is 32.9 Å². The van der Waals surface area contributed by atoms with Gasteiger partial charge in [0.25, 0.3) is 0 Å². The largest absolute Gasteiger partial charge is 0.373 e. The molecular weight excluding hydrogens is 198 g/mol. The lowest BCUT2D eigenvalue weighted by Gasteiger charge is -2.22. The minimum atomic E-state index is 0.214. The number of hydrogen-bond acceptors (Lipinski definition) is 2. The molecule has 0 bridgehead atoms. The van der Waals surface area contributed by atoms with E-state index in [-0.39, 0.29) is 6.10 Å². The number of nitrogens with two attached hydrogens (primary N) is 1. The molecule has 2 nitrogen and oxygen atoms in total. The number of aryl methyl sites for hydroxylation is 3. The second kappa shape index (κ2) is 4.56. The van der Waals surface area contributed by atoms with Gasteiger partial charge in [0.15, 0.2) is 0 Å². The van der Waals surface area contributed by atoms with E-state index in [4.69, 9.17) is 10.5 Å². The lowest BCUT2D eigenvalue weighted by atomic mass is 9.88. The van der Waals surface area contributed by atoms with Crippen molar-refractivity contribution in [1.82, 2.24) is 0 Å². The second-order valence-corrected chi connectivity index (χ2v) is 4.89. The Labute approximate surface area is 97.8 Å². The van der Waals surface area contributed by atoms with Crippen LogP contribution in [0.3, 0.4) is 0 Å². The molecule has 0 spiro atoms. The maximum atomic E-state index is 5.86. The smallest absolute Gasteiger partial charge is 0.0871 e. The van der Waals surface area contributed by atoms with Crippen molar-refractivity contribution in [3.05, 3.63) is 34.4 Å². The van der Waals surface area contributed by atoms with Gasteiger partial charge in [-0.25, -0.2) is 0 Å². The summed E-state index contributed by atoms with van der Waals surface area (Å²) in [6, 6.07) is 4.47. The standard InChI is InChI=1S/C14H21NO/c1-9-6-10(2)13(11(3)7-9)14-12(8-15)4-5-16-14/h6-7,12,14H,4-5,8,15H2,1-3H3. The zero-order valence-corrected chi connectivity index (χ0v) is 10.4. The lowest BCUT2D eigenvalue weighted by molar-refractivity contribution is 0.0914. The Morgan fingerprint density at radius 2 is 1.88 bits per heavy atom. The average Bonchev–Trinajstić information content (AvgIpc) is 2.64. The molecule has 2 rings (SSSR count). The molecule has 1 aromatic carbocycles. The molecule has 2 unspecified atom stereocenters. The molecule has 1 aromatic rings. The van der Waals surface area contributed by atoms with E-state index in [9.17, 15) is 0 Å². The van der Waals surface area contributed by atoms with E-state index < -0.39 is 0 Å². The second-order valence-electron chi connectivity index (χ2n) is 4.89. The highest BCUT2D eigenvalue weighted by Crippen LogP contribution is 2.37. The Balaban J connectivity index is 2.39. The van der Waals surface area contributed by atoms with Gasteiger partial charge in [0.1, 0.15) is 0 Å². The molecule has 1 heterocycles. The van der Waals surface area contributed by atoms with Crippen LogP contribution in [0.2, 0.25) is 0 Å². The van der Waals surface area contributed by atoms with Crippen molar-refractivity contribution in [3.8, 4) is 0 Å². The van der Waals surface area contributed by atoms with Gasteiger partial charge in [-0.05, 0) is 50.4 Å². The summed E-state index contributed by atoms with van der Waals surface area (Å²) in [5, 5.41) is 0.